The van der Waals surface area contributed by atoms with Crippen molar-refractivity contribution >= 4 is 0 Å². The van der Waals surface area contributed by atoms with Crippen LogP contribution in [0.5, 0.6) is 6.01 Å². The number of likely N-dealkylation sites (tertiary alicyclic amines) is 1. The first-order chi connectivity index (χ1) is 11.8. The number of aromatic nitrogens is 2. The Bertz CT molecular complexity index is 722. The molecule has 5 heteroatoms. The highest BCUT2D eigenvalue weighted by Crippen LogP contribution is 2.49. The molecule has 1 unspecified atom stereocenters. The maximum Gasteiger partial charge on any atom is 0.316 e. The van der Waals surface area contributed by atoms with Crippen molar-refractivity contribution in [3.63, 3.8) is 0 Å². The van der Waals surface area contributed by atoms with Gasteiger partial charge >= 0.3 is 6.01 Å². The van der Waals surface area contributed by atoms with Gasteiger partial charge in [0.05, 0.1) is 7.11 Å². The SMILES string of the molecule is COc1ncc(C(O)(c2ccc(C(C)C)cc2)C2(C)CN(C)C2)cn1. The van der Waals surface area contributed by atoms with Crippen LogP contribution in [-0.2, 0) is 5.60 Å². The average molecular weight is 341 g/mol. The smallest absolute Gasteiger partial charge is 0.316 e. The topological polar surface area (TPSA) is 58.5 Å². The fourth-order valence-corrected chi connectivity index (χ4v) is 3.96. The van der Waals surface area contributed by atoms with Crippen LogP contribution in [0.25, 0.3) is 0 Å². The molecule has 5 nitrogen and oxygen atoms in total. The van der Waals surface area contributed by atoms with Gasteiger partial charge in [0.2, 0.25) is 0 Å². The highest BCUT2D eigenvalue weighted by atomic mass is 16.5. The quantitative estimate of drug-likeness (QED) is 0.906. The third-order valence-corrected chi connectivity index (χ3v) is 5.33. The van der Waals surface area contributed by atoms with Gasteiger partial charge < -0.3 is 14.7 Å². The maximum atomic E-state index is 11.9. The highest BCUT2D eigenvalue weighted by Gasteiger charge is 2.55. The van der Waals surface area contributed by atoms with Gasteiger partial charge in [-0.05, 0) is 24.1 Å². The zero-order chi connectivity index (χ0) is 18.2. The monoisotopic (exact) mass is 341 g/mol. The molecule has 0 saturated carbocycles. The lowest BCUT2D eigenvalue weighted by Crippen LogP contribution is -2.63. The number of aliphatic hydroxyl groups is 1. The number of ether oxygens (including phenoxy) is 1. The summed E-state index contributed by atoms with van der Waals surface area (Å²) in [4.78, 5) is 10.6. The van der Waals surface area contributed by atoms with Crippen LogP contribution in [0.1, 0.15) is 43.4 Å². The van der Waals surface area contributed by atoms with Gasteiger partial charge in [0.1, 0.15) is 5.60 Å². The van der Waals surface area contributed by atoms with E-state index in [1.165, 1.54) is 12.7 Å². The van der Waals surface area contributed by atoms with Crippen molar-refractivity contribution in [2.45, 2.75) is 32.3 Å². The minimum absolute atomic E-state index is 0.303. The van der Waals surface area contributed by atoms with Gasteiger partial charge in [-0.15, -0.1) is 0 Å². The summed E-state index contributed by atoms with van der Waals surface area (Å²) >= 11 is 0. The third-order valence-electron chi connectivity index (χ3n) is 5.33. The summed E-state index contributed by atoms with van der Waals surface area (Å²) < 4.78 is 5.06. The molecule has 0 radical (unpaired) electrons. The number of rotatable bonds is 5. The van der Waals surface area contributed by atoms with Crippen LogP contribution in [0.4, 0.5) is 0 Å². The lowest BCUT2D eigenvalue weighted by atomic mass is 9.62. The van der Waals surface area contributed by atoms with Gasteiger partial charge in [0.25, 0.3) is 0 Å². The third kappa shape index (κ3) is 2.92. The molecule has 1 atom stereocenters. The van der Waals surface area contributed by atoms with Crippen LogP contribution in [-0.4, -0.2) is 47.2 Å². The molecule has 134 valence electrons. The minimum Gasteiger partial charge on any atom is -0.467 e. The molecule has 1 N–H and O–H groups in total. The minimum atomic E-state index is -1.15. The Morgan fingerprint density at radius 1 is 1.12 bits per heavy atom. The maximum absolute atomic E-state index is 11.9. The van der Waals surface area contributed by atoms with Gasteiger partial charge in [-0.3, -0.25) is 0 Å². The predicted molar refractivity (Wildman–Crippen MR) is 97.7 cm³/mol. The van der Waals surface area contributed by atoms with E-state index in [4.69, 9.17) is 4.74 Å². The van der Waals surface area contributed by atoms with E-state index >= 15 is 0 Å². The first-order valence-corrected chi connectivity index (χ1v) is 8.68. The predicted octanol–water partition coefficient (Wildman–Crippen LogP) is 2.80. The van der Waals surface area contributed by atoms with Crippen LogP contribution in [0.15, 0.2) is 36.7 Å². The summed E-state index contributed by atoms with van der Waals surface area (Å²) in [6.07, 6.45) is 3.34. The number of nitrogens with zero attached hydrogens (tertiary/aromatic N) is 3. The average Bonchev–Trinajstić information content (AvgIpc) is 2.60. The van der Waals surface area contributed by atoms with E-state index in [9.17, 15) is 5.11 Å². The Morgan fingerprint density at radius 2 is 1.68 bits per heavy atom. The first kappa shape index (κ1) is 17.8. The van der Waals surface area contributed by atoms with Crippen molar-refractivity contribution in [1.82, 2.24) is 14.9 Å². The Balaban J connectivity index is 2.08. The van der Waals surface area contributed by atoms with Crippen molar-refractivity contribution in [2.24, 2.45) is 5.41 Å². The van der Waals surface area contributed by atoms with Crippen molar-refractivity contribution in [1.29, 1.82) is 0 Å². The zero-order valence-electron chi connectivity index (χ0n) is 15.7. The fraction of sp³-hybridized carbons (Fsp3) is 0.500. The van der Waals surface area contributed by atoms with E-state index in [1.54, 1.807) is 12.4 Å². The summed E-state index contributed by atoms with van der Waals surface area (Å²) in [7, 11) is 3.60. The molecule has 1 aliphatic rings. The second kappa shape index (κ2) is 6.39. The van der Waals surface area contributed by atoms with Gasteiger partial charge in [-0.1, -0.05) is 45.0 Å². The summed E-state index contributed by atoms with van der Waals surface area (Å²) in [5, 5.41) is 11.9. The number of benzene rings is 1. The molecule has 0 amide bonds. The van der Waals surface area contributed by atoms with E-state index in [0.717, 1.165) is 18.7 Å². The van der Waals surface area contributed by atoms with Crippen molar-refractivity contribution in [3.05, 3.63) is 53.3 Å². The molecule has 1 saturated heterocycles. The summed E-state index contributed by atoms with van der Waals surface area (Å²) in [5.41, 5.74) is 1.37. The molecular formula is C20H27N3O2. The van der Waals surface area contributed by atoms with E-state index in [1.807, 2.05) is 12.1 Å². The van der Waals surface area contributed by atoms with Crippen molar-refractivity contribution in [2.75, 3.05) is 27.2 Å². The largest absolute Gasteiger partial charge is 0.467 e. The molecule has 1 aromatic carbocycles. The van der Waals surface area contributed by atoms with E-state index in [0.29, 0.717) is 17.5 Å². The fourth-order valence-electron chi connectivity index (χ4n) is 3.96. The molecule has 2 aromatic rings. The van der Waals surface area contributed by atoms with E-state index in [-0.39, 0.29) is 5.41 Å². The van der Waals surface area contributed by atoms with Crippen LogP contribution >= 0.6 is 0 Å². The highest BCUT2D eigenvalue weighted by molar-refractivity contribution is 5.40. The standard InChI is InChI=1S/C20H27N3O2/c1-14(2)15-6-8-16(9-7-15)20(24,19(3)12-23(4)13-19)17-10-21-18(25-5)22-11-17/h6-11,14,24H,12-13H2,1-5H3. The van der Waals surface area contributed by atoms with Crippen LogP contribution in [0, 0.1) is 5.41 Å². The molecule has 2 heterocycles. The van der Waals surface area contributed by atoms with Gasteiger partial charge in [0, 0.05) is 36.5 Å². The number of methoxy groups -OCH3 is 1. The van der Waals surface area contributed by atoms with Crippen LogP contribution in [0.3, 0.4) is 0 Å². The Hall–Kier alpha value is -1.98. The Morgan fingerprint density at radius 3 is 2.12 bits per heavy atom. The molecule has 1 fully saturated rings. The molecular weight excluding hydrogens is 314 g/mol. The lowest BCUT2D eigenvalue weighted by Gasteiger charge is -2.55. The molecule has 1 aromatic heterocycles. The Labute approximate surface area is 149 Å². The molecule has 25 heavy (non-hydrogen) atoms. The normalized spacial score (nSPS) is 19.3. The molecule has 0 bridgehead atoms. The van der Waals surface area contributed by atoms with Crippen molar-refractivity contribution in [3.8, 4) is 6.01 Å². The van der Waals surface area contributed by atoms with E-state index in [2.05, 4.69) is 54.8 Å². The molecule has 0 spiro atoms. The first-order valence-electron chi connectivity index (χ1n) is 8.68. The molecule has 3 rings (SSSR count). The number of hydrogen-bond acceptors (Lipinski definition) is 5. The van der Waals surface area contributed by atoms with Gasteiger partial charge in [-0.2, -0.15) is 0 Å². The summed E-state index contributed by atoms with van der Waals surface area (Å²) in [6.45, 7) is 8.07. The van der Waals surface area contributed by atoms with Crippen LogP contribution in [0.2, 0.25) is 0 Å². The van der Waals surface area contributed by atoms with Gasteiger partial charge in [0.15, 0.2) is 0 Å². The van der Waals surface area contributed by atoms with Crippen LogP contribution < -0.4 is 4.74 Å². The van der Waals surface area contributed by atoms with Gasteiger partial charge in [-0.25, -0.2) is 9.97 Å². The van der Waals surface area contributed by atoms with Crippen molar-refractivity contribution < 1.29 is 9.84 Å². The number of hydrogen-bond donors (Lipinski definition) is 1. The summed E-state index contributed by atoms with van der Waals surface area (Å²) in [6, 6.07) is 8.56. The second-order valence-corrected chi connectivity index (χ2v) is 7.68. The summed E-state index contributed by atoms with van der Waals surface area (Å²) in [5.74, 6) is 0.455. The Kier molecular flexibility index (Phi) is 4.56. The second-order valence-electron chi connectivity index (χ2n) is 7.68. The molecule has 0 aliphatic carbocycles. The zero-order valence-corrected chi connectivity index (χ0v) is 15.7. The van der Waals surface area contributed by atoms with E-state index < -0.39 is 5.60 Å². The lowest BCUT2D eigenvalue weighted by molar-refractivity contribution is -0.127. The molecule has 1 aliphatic heterocycles.